The van der Waals surface area contributed by atoms with E-state index in [-0.39, 0.29) is 11.5 Å². The molecule has 0 aliphatic rings. The number of amides is 1. The first-order valence-electron chi connectivity index (χ1n) is 9.06. The Hall–Kier alpha value is -3.34. The standard InChI is InChI=1S/C23H24N2O3/c1-16-12-18(13-22(26)25(16)15-17-8-6-5-7-9-17)20-11-10-19(28-4)14-21(20)23(27)24(2)3/h5-14H,15H2,1-4H3. The average molecular weight is 376 g/mol. The first-order chi connectivity index (χ1) is 13.4. The number of nitrogens with zero attached hydrogens (tertiary/aromatic N) is 2. The van der Waals surface area contributed by atoms with Gasteiger partial charge >= 0.3 is 0 Å². The second kappa shape index (κ2) is 8.13. The van der Waals surface area contributed by atoms with E-state index in [0.717, 1.165) is 16.8 Å². The largest absolute Gasteiger partial charge is 0.497 e. The number of rotatable bonds is 5. The summed E-state index contributed by atoms with van der Waals surface area (Å²) in [5.41, 5.74) is 3.74. The van der Waals surface area contributed by atoms with Crippen molar-refractivity contribution in [3.63, 3.8) is 0 Å². The number of pyridine rings is 1. The molecule has 0 fully saturated rings. The lowest BCUT2D eigenvalue weighted by Gasteiger charge is -2.17. The Morgan fingerprint density at radius 3 is 2.36 bits per heavy atom. The van der Waals surface area contributed by atoms with E-state index >= 15 is 0 Å². The highest BCUT2D eigenvalue weighted by atomic mass is 16.5. The fourth-order valence-corrected chi connectivity index (χ4v) is 3.17. The molecule has 5 heteroatoms. The first kappa shape index (κ1) is 19.4. The molecule has 0 spiro atoms. The predicted molar refractivity (Wildman–Crippen MR) is 111 cm³/mol. The van der Waals surface area contributed by atoms with Gasteiger partial charge in [-0.3, -0.25) is 9.59 Å². The fourth-order valence-electron chi connectivity index (χ4n) is 3.17. The quantitative estimate of drug-likeness (QED) is 0.684. The molecule has 0 bridgehead atoms. The van der Waals surface area contributed by atoms with E-state index in [1.54, 1.807) is 44.0 Å². The van der Waals surface area contributed by atoms with Gasteiger partial charge in [-0.15, -0.1) is 0 Å². The molecule has 2 aromatic carbocycles. The monoisotopic (exact) mass is 376 g/mol. The third-order valence-electron chi connectivity index (χ3n) is 4.69. The third-order valence-corrected chi connectivity index (χ3v) is 4.69. The van der Waals surface area contributed by atoms with Crippen LogP contribution >= 0.6 is 0 Å². The summed E-state index contributed by atoms with van der Waals surface area (Å²) in [6.07, 6.45) is 0. The van der Waals surface area contributed by atoms with Crippen molar-refractivity contribution in [2.24, 2.45) is 0 Å². The topological polar surface area (TPSA) is 51.5 Å². The molecule has 28 heavy (non-hydrogen) atoms. The lowest BCUT2D eigenvalue weighted by atomic mass is 9.98. The smallest absolute Gasteiger partial charge is 0.254 e. The van der Waals surface area contributed by atoms with E-state index in [2.05, 4.69) is 0 Å². The molecule has 0 N–H and O–H groups in total. The van der Waals surface area contributed by atoms with Gasteiger partial charge in [-0.2, -0.15) is 0 Å². The molecule has 3 aromatic rings. The molecule has 0 radical (unpaired) electrons. The number of ether oxygens (including phenoxy) is 1. The zero-order valence-corrected chi connectivity index (χ0v) is 16.6. The number of aryl methyl sites for hydroxylation is 1. The Labute approximate surface area is 164 Å². The summed E-state index contributed by atoms with van der Waals surface area (Å²) in [7, 11) is 4.97. The average Bonchev–Trinajstić information content (AvgIpc) is 2.70. The van der Waals surface area contributed by atoms with Crippen LogP contribution < -0.4 is 10.3 Å². The van der Waals surface area contributed by atoms with Gasteiger partial charge < -0.3 is 14.2 Å². The fraction of sp³-hybridized carbons (Fsp3) is 0.217. The highest BCUT2D eigenvalue weighted by Crippen LogP contribution is 2.28. The van der Waals surface area contributed by atoms with E-state index in [0.29, 0.717) is 23.4 Å². The maximum absolute atomic E-state index is 12.8. The van der Waals surface area contributed by atoms with E-state index in [9.17, 15) is 9.59 Å². The molecular formula is C23H24N2O3. The molecule has 0 aliphatic carbocycles. The Morgan fingerprint density at radius 1 is 1.04 bits per heavy atom. The maximum atomic E-state index is 12.8. The normalized spacial score (nSPS) is 10.6. The predicted octanol–water partition coefficient (Wildman–Crippen LogP) is 3.58. The summed E-state index contributed by atoms with van der Waals surface area (Å²) in [6.45, 7) is 2.42. The molecular weight excluding hydrogens is 352 g/mol. The van der Waals surface area contributed by atoms with Crippen molar-refractivity contribution >= 4 is 5.91 Å². The highest BCUT2D eigenvalue weighted by molar-refractivity contribution is 6.01. The van der Waals surface area contributed by atoms with Crippen molar-refractivity contribution in [2.45, 2.75) is 13.5 Å². The molecule has 0 saturated carbocycles. The van der Waals surface area contributed by atoms with Crippen molar-refractivity contribution < 1.29 is 9.53 Å². The SMILES string of the molecule is COc1ccc(-c2cc(C)n(Cc3ccccc3)c(=O)c2)c(C(=O)N(C)C)c1. The summed E-state index contributed by atoms with van der Waals surface area (Å²) < 4.78 is 7.00. The number of hydrogen-bond acceptors (Lipinski definition) is 3. The van der Waals surface area contributed by atoms with Crippen LogP contribution in [0.3, 0.4) is 0 Å². The van der Waals surface area contributed by atoms with Gasteiger partial charge in [-0.25, -0.2) is 0 Å². The van der Waals surface area contributed by atoms with Gasteiger partial charge in [-0.05, 0) is 47.9 Å². The van der Waals surface area contributed by atoms with Gasteiger partial charge in [0.15, 0.2) is 0 Å². The van der Waals surface area contributed by atoms with Crippen molar-refractivity contribution in [2.75, 3.05) is 21.2 Å². The minimum atomic E-state index is -0.139. The van der Waals surface area contributed by atoms with E-state index in [4.69, 9.17) is 4.74 Å². The van der Waals surface area contributed by atoms with Crippen LogP contribution in [-0.2, 0) is 6.54 Å². The summed E-state index contributed by atoms with van der Waals surface area (Å²) >= 11 is 0. The number of carbonyl (C=O) groups is 1. The van der Waals surface area contributed by atoms with Crippen molar-refractivity contribution in [3.05, 3.63) is 87.8 Å². The molecule has 0 unspecified atom stereocenters. The molecule has 0 saturated heterocycles. The second-order valence-electron chi connectivity index (χ2n) is 6.91. The van der Waals surface area contributed by atoms with Gasteiger partial charge in [0.25, 0.3) is 11.5 Å². The first-order valence-corrected chi connectivity index (χ1v) is 9.06. The number of carbonyl (C=O) groups excluding carboxylic acids is 1. The lowest BCUT2D eigenvalue weighted by molar-refractivity contribution is 0.0828. The number of methoxy groups -OCH3 is 1. The summed E-state index contributed by atoms with van der Waals surface area (Å²) in [5.74, 6) is 0.461. The van der Waals surface area contributed by atoms with Crippen LogP contribution in [0.15, 0.2) is 65.5 Å². The Bertz CT molecular complexity index is 1050. The Balaban J connectivity index is 2.08. The molecule has 144 valence electrons. The van der Waals surface area contributed by atoms with Crippen LogP contribution in [0.1, 0.15) is 21.6 Å². The van der Waals surface area contributed by atoms with Crippen LogP contribution in [0.2, 0.25) is 0 Å². The van der Waals surface area contributed by atoms with E-state index in [1.807, 2.05) is 49.4 Å². The molecule has 5 nitrogen and oxygen atoms in total. The van der Waals surface area contributed by atoms with Crippen LogP contribution in [0.4, 0.5) is 0 Å². The van der Waals surface area contributed by atoms with Gasteiger partial charge in [-0.1, -0.05) is 30.3 Å². The summed E-state index contributed by atoms with van der Waals surface area (Å²) in [4.78, 5) is 27.0. The molecule has 1 aromatic heterocycles. The number of hydrogen-bond donors (Lipinski definition) is 0. The van der Waals surface area contributed by atoms with Crippen LogP contribution in [0.5, 0.6) is 5.75 Å². The molecule has 1 amide bonds. The maximum Gasteiger partial charge on any atom is 0.254 e. The van der Waals surface area contributed by atoms with Crippen LogP contribution in [0, 0.1) is 6.92 Å². The minimum absolute atomic E-state index is 0.0991. The van der Waals surface area contributed by atoms with Crippen molar-refractivity contribution in [1.29, 1.82) is 0 Å². The molecule has 3 rings (SSSR count). The number of aromatic nitrogens is 1. The lowest BCUT2D eigenvalue weighted by Crippen LogP contribution is -2.24. The van der Waals surface area contributed by atoms with Gasteiger partial charge in [0, 0.05) is 25.9 Å². The summed E-state index contributed by atoms with van der Waals surface area (Å²) in [5, 5.41) is 0. The molecule has 0 aliphatic heterocycles. The van der Waals surface area contributed by atoms with E-state index in [1.165, 1.54) is 4.90 Å². The van der Waals surface area contributed by atoms with Crippen LogP contribution in [-0.4, -0.2) is 36.6 Å². The van der Waals surface area contributed by atoms with Crippen molar-refractivity contribution in [1.82, 2.24) is 9.47 Å². The van der Waals surface area contributed by atoms with Crippen LogP contribution in [0.25, 0.3) is 11.1 Å². The molecule has 0 atom stereocenters. The van der Waals surface area contributed by atoms with Gasteiger partial charge in [0.2, 0.25) is 0 Å². The Morgan fingerprint density at radius 2 is 1.75 bits per heavy atom. The second-order valence-corrected chi connectivity index (χ2v) is 6.91. The van der Waals surface area contributed by atoms with Gasteiger partial charge in [0.1, 0.15) is 5.75 Å². The third kappa shape index (κ3) is 3.98. The Kier molecular flexibility index (Phi) is 5.64. The number of benzene rings is 2. The van der Waals surface area contributed by atoms with E-state index < -0.39 is 0 Å². The van der Waals surface area contributed by atoms with Crippen molar-refractivity contribution in [3.8, 4) is 16.9 Å². The zero-order chi connectivity index (χ0) is 20.3. The minimum Gasteiger partial charge on any atom is -0.497 e. The zero-order valence-electron chi connectivity index (χ0n) is 16.6. The van der Waals surface area contributed by atoms with Gasteiger partial charge in [0.05, 0.1) is 19.2 Å². The summed E-state index contributed by atoms with van der Waals surface area (Å²) in [6, 6.07) is 18.7. The highest BCUT2D eigenvalue weighted by Gasteiger charge is 2.17. The molecule has 1 heterocycles.